The molecule has 2 N–H and O–H groups in total. The van der Waals surface area contributed by atoms with Crippen LogP contribution >= 0.6 is 11.3 Å². The molecular weight excluding hydrogens is 194 g/mol. The third kappa shape index (κ3) is 2.25. The predicted octanol–water partition coefficient (Wildman–Crippen LogP) is 1.84. The van der Waals surface area contributed by atoms with Crippen molar-refractivity contribution in [1.82, 2.24) is 4.98 Å². The van der Waals surface area contributed by atoms with Crippen LogP contribution in [0.2, 0.25) is 0 Å². The van der Waals surface area contributed by atoms with Gasteiger partial charge in [0, 0.05) is 30.7 Å². The molecule has 3 nitrogen and oxygen atoms in total. The lowest BCUT2D eigenvalue weighted by Gasteiger charge is -2.18. The zero-order valence-corrected chi connectivity index (χ0v) is 9.39. The van der Waals surface area contributed by atoms with Gasteiger partial charge in [0.25, 0.3) is 0 Å². The molecule has 0 spiro atoms. The zero-order chi connectivity index (χ0) is 9.97. The first-order valence-corrected chi connectivity index (χ1v) is 6.04. The standard InChI is InChI=1S/C10H17N3S/c1-2-13(7-8-3-4-8)10-12-6-9(5-11)14-10/h6,8H,2-5,7,11H2,1H3. The van der Waals surface area contributed by atoms with Crippen molar-refractivity contribution in [2.24, 2.45) is 11.7 Å². The third-order valence-electron chi connectivity index (χ3n) is 2.57. The molecule has 2 rings (SSSR count). The largest absolute Gasteiger partial charge is 0.348 e. The average Bonchev–Trinajstić information content (AvgIpc) is 2.90. The zero-order valence-electron chi connectivity index (χ0n) is 8.57. The summed E-state index contributed by atoms with van der Waals surface area (Å²) in [7, 11) is 0. The van der Waals surface area contributed by atoms with Crippen molar-refractivity contribution >= 4 is 16.5 Å². The Hall–Kier alpha value is -0.610. The van der Waals surface area contributed by atoms with Gasteiger partial charge in [0.2, 0.25) is 0 Å². The van der Waals surface area contributed by atoms with E-state index >= 15 is 0 Å². The van der Waals surface area contributed by atoms with Crippen molar-refractivity contribution in [1.29, 1.82) is 0 Å². The highest BCUT2D eigenvalue weighted by Crippen LogP contribution is 2.32. The second-order valence-electron chi connectivity index (χ2n) is 3.80. The van der Waals surface area contributed by atoms with Crippen LogP contribution in [0.25, 0.3) is 0 Å². The summed E-state index contributed by atoms with van der Waals surface area (Å²) in [4.78, 5) is 7.94. The second-order valence-corrected chi connectivity index (χ2v) is 4.89. The van der Waals surface area contributed by atoms with E-state index in [0.29, 0.717) is 6.54 Å². The van der Waals surface area contributed by atoms with Crippen molar-refractivity contribution < 1.29 is 0 Å². The fourth-order valence-electron chi connectivity index (χ4n) is 1.49. The molecule has 0 atom stereocenters. The van der Waals surface area contributed by atoms with Crippen molar-refractivity contribution in [3.8, 4) is 0 Å². The van der Waals surface area contributed by atoms with Gasteiger partial charge in [-0.15, -0.1) is 11.3 Å². The summed E-state index contributed by atoms with van der Waals surface area (Å²) in [5.74, 6) is 0.917. The second kappa shape index (κ2) is 4.28. The van der Waals surface area contributed by atoms with Gasteiger partial charge < -0.3 is 10.6 Å². The molecule has 0 amide bonds. The molecule has 0 saturated heterocycles. The number of nitrogens with zero attached hydrogens (tertiary/aromatic N) is 2. The first-order chi connectivity index (χ1) is 6.83. The molecule has 1 aliphatic rings. The summed E-state index contributed by atoms with van der Waals surface area (Å²) < 4.78 is 0. The molecule has 1 saturated carbocycles. The highest BCUT2D eigenvalue weighted by Gasteiger charge is 2.24. The van der Waals surface area contributed by atoms with Crippen LogP contribution in [0.15, 0.2) is 6.20 Å². The molecule has 0 aliphatic heterocycles. The van der Waals surface area contributed by atoms with Crippen molar-refractivity contribution in [2.45, 2.75) is 26.3 Å². The Morgan fingerprint density at radius 1 is 1.64 bits per heavy atom. The maximum absolute atomic E-state index is 5.57. The molecule has 78 valence electrons. The minimum atomic E-state index is 0.610. The molecule has 0 unspecified atom stereocenters. The average molecular weight is 211 g/mol. The lowest BCUT2D eigenvalue weighted by molar-refractivity contribution is 0.739. The summed E-state index contributed by atoms with van der Waals surface area (Å²) in [6.07, 6.45) is 4.69. The van der Waals surface area contributed by atoms with Gasteiger partial charge in [-0.05, 0) is 25.7 Å². The molecule has 1 heterocycles. The Bertz CT molecular complexity index is 293. The quantitative estimate of drug-likeness (QED) is 0.808. The van der Waals surface area contributed by atoms with Gasteiger partial charge in [-0.1, -0.05) is 0 Å². The van der Waals surface area contributed by atoms with Crippen molar-refractivity contribution in [3.05, 3.63) is 11.1 Å². The fraction of sp³-hybridized carbons (Fsp3) is 0.700. The van der Waals surface area contributed by atoms with E-state index in [1.54, 1.807) is 11.3 Å². The van der Waals surface area contributed by atoms with E-state index in [1.807, 2.05) is 6.20 Å². The topological polar surface area (TPSA) is 42.2 Å². The number of hydrogen-bond acceptors (Lipinski definition) is 4. The molecule has 0 aromatic carbocycles. The smallest absolute Gasteiger partial charge is 0.185 e. The fourth-order valence-corrected chi connectivity index (χ4v) is 2.35. The van der Waals surface area contributed by atoms with E-state index in [1.165, 1.54) is 24.3 Å². The SMILES string of the molecule is CCN(CC1CC1)c1ncc(CN)s1. The van der Waals surface area contributed by atoms with Gasteiger partial charge in [0.05, 0.1) is 0 Å². The van der Waals surface area contributed by atoms with Crippen LogP contribution in [-0.2, 0) is 6.54 Å². The summed E-state index contributed by atoms with van der Waals surface area (Å²) in [6, 6.07) is 0. The van der Waals surface area contributed by atoms with E-state index in [9.17, 15) is 0 Å². The number of thiazole rings is 1. The Morgan fingerprint density at radius 3 is 2.93 bits per heavy atom. The number of hydrogen-bond donors (Lipinski definition) is 1. The van der Waals surface area contributed by atoms with Crippen molar-refractivity contribution in [2.75, 3.05) is 18.0 Å². The van der Waals surface area contributed by atoms with E-state index in [-0.39, 0.29) is 0 Å². The first kappa shape index (κ1) is 9.93. The Kier molecular flexibility index (Phi) is 3.03. The molecule has 1 aromatic heterocycles. The highest BCUT2D eigenvalue weighted by molar-refractivity contribution is 7.15. The molecular formula is C10H17N3S. The van der Waals surface area contributed by atoms with E-state index in [0.717, 1.165) is 17.6 Å². The summed E-state index contributed by atoms with van der Waals surface area (Å²) in [5, 5.41) is 1.14. The van der Waals surface area contributed by atoms with E-state index in [2.05, 4.69) is 16.8 Å². The lowest BCUT2D eigenvalue weighted by Crippen LogP contribution is -2.24. The molecule has 4 heteroatoms. The monoisotopic (exact) mass is 211 g/mol. The third-order valence-corrected chi connectivity index (χ3v) is 3.65. The molecule has 1 fully saturated rings. The Balaban J connectivity index is 2.01. The minimum Gasteiger partial charge on any atom is -0.348 e. The maximum atomic E-state index is 5.57. The minimum absolute atomic E-state index is 0.610. The Labute approximate surface area is 88.9 Å². The van der Waals surface area contributed by atoms with Gasteiger partial charge in [-0.25, -0.2) is 4.98 Å². The van der Waals surface area contributed by atoms with Crippen LogP contribution in [0, 0.1) is 5.92 Å². The van der Waals surface area contributed by atoms with Crippen LogP contribution in [0.5, 0.6) is 0 Å². The van der Waals surface area contributed by atoms with Crippen LogP contribution < -0.4 is 10.6 Å². The van der Waals surface area contributed by atoms with Crippen molar-refractivity contribution in [3.63, 3.8) is 0 Å². The van der Waals surface area contributed by atoms with Crippen LogP contribution in [0.3, 0.4) is 0 Å². The maximum Gasteiger partial charge on any atom is 0.185 e. The van der Waals surface area contributed by atoms with Crippen LogP contribution in [0.1, 0.15) is 24.6 Å². The highest BCUT2D eigenvalue weighted by atomic mass is 32.1. The van der Waals surface area contributed by atoms with E-state index < -0.39 is 0 Å². The van der Waals surface area contributed by atoms with Gasteiger partial charge in [-0.3, -0.25) is 0 Å². The summed E-state index contributed by atoms with van der Waals surface area (Å²) in [6.45, 7) is 5.02. The molecule has 1 aromatic rings. The van der Waals surface area contributed by atoms with Gasteiger partial charge >= 0.3 is 0 Å². The molecule has 14 heavy (non-hydrogen) atoms. The first-order valence-electron chi connectivity index (χ1n) is 5.23. The van der Waals surface area contributed by atoms with Gasteiger partial charge in [-0.2, -0.15) is 0 Å². The Morgan fingerprint density at radius 2 is 2.43 bits per heavy atom. The number of rotatable bonds is 5. The van der Waals surface area contributed by atoms with Gasteiger partial charge in [0.1, 0.15) is 0 Å². The molecule has 0 radical (unpaired) electrons. The number of nitrogens with two attached hydrogens (primary N) is 1. The van der Waals surface area contributed by atoms with Crippen LogP contribution in [0.4, 0.5) is 5.13 Å². The molecule has 1 aliphatic carbocycles. The predicted molar refractivity (Wildman–Crippen MR) is 60.6 cm³/mol. The lowest BCUT2D eigenvalue weighted by atomic mass is 10.4. The summed E-state index contributed by atoms with van der Waals surface area (Å²) >= 11 is 1.73. The molecule has 0 bridgehead atoms. The number of anilines is 1. The van der Waals surface area contributed by atoms with Crippen LogP contribution in [-0.4, -0.2) is 18.1 Å². The normalized spacial score (nSPS) is 15.9. The summed E-state index contributed by atoms with van der Waals surface area (Å²) in [5.41, 5.74) is 5.57. The van der Waals surface area contributed by atoms with E-state index in [4.69, 9.17) is 5.73 Å². The number of aromatic nitrogens is 1. The van der Waals surface area contributed by atoms with Gasteiger partial charge in [0.15, 0.2) is 5.13 Å².